The number of aliphatic carboxylic acids is 1. The number of methoxy groups -OCH3 is 2. The van der Waals surface area contributed by atoms with Gasteiger partial charge in [0.15, 0.2) is 0 Å². The van der Waals surface area contributed by atoms with E-state index in [9.17, 15) is 4.79 Å². The number of ether oxygens (including phenoxy) is 2. The fourth-order valence-corrected chi connectivity index (χ4v) is 3.65. The Kier molecular flexibility index (Phi) is 4.59. The molecule has 7 heteroatoms. The Labute approximate surface area is 123 Å². The molecule has 0 aliphatic carbocycles. The molecule has 2 unspecified atom stereocenters. The van der Waals surface area contributed by atoms with Gasteiger partial charge in [0, 0.05) is 17.4 Å². The third kappa shape index (κ3) is 2.98. The van der Waals surface area contributed by atoms with Gasteiger partial charge in [-0.2, -0.15) is 0 Å². The highest BCUT2D eigenvalue weighted by atomic mass is 79.9. The lowest BCUT2D eigenvalue weighted by Gasteiger charge is -2.17. The molecule has 1 aliphatic heterocycles. The Balaban J connectivity index is 2.30. The van der Waals surface area contributed by atoms with Crippen LogP contribution in [0.5, 0.6) is 11.5 Å². The fraction of sp³-hybridized carbons (Fsp3) is 0.417. The number of nitrogens with one attached hydrogen (secondary N) is 1. The van der Waals surface area contributed by atoms with Gasteiger partial charge in [0.2, 0.25) is 0 Å². The molecule has 19 heavy (non-hydrogen) atoms. The zero-order valence-electron chi connectivity index (χ0n) is 10.5. The highest BCUT2D eigenvalue weighted by Crippen LogP contribution is 2.42. The van der Waals surface area contributed by atoms with Gasteiger partial charge in [0.1, 0.15) is 17.5 Å². The normalized spacial score (nSPS) is 22.3. The Morgan fingerprint density at radius 3 is 2.63 bits per heavy atom. The van der Waals surface area contributed by atoms with E-state index in [1.165, 1.54) is 0 Å². The Morgan fingerprint density at radius 2 is 2.11 bits per heavy atom. The average molecular weight is 348 g/mol. The predicted molar refractivity (Wildman–Crippen MR) is 77.0 cm³/mol. The fourth-order valence-electron chi connectivity index (χ4n) is 1.88. The monoisotopic (exact) mass is 347 g/mol. The van der Waals surface area contributed by atoms with Crippen LogP contribution in [0.25, 0.3) is 0 Å². The van der Waals surface area contributed by atoms with E-state index in [1.807, 2.05) is 6.07 Å². The molecule has 1 heterocycles. The molecule has 2 rings (SSSR count). The quantitative estimate of drug-likeness (QED) is 0.870. The van der Waals surface area contributed by atoms with E-state index in [-0.39, 0.29) is 5.37 Å². The van der Waals surface area contributed by atoms with E-state index in [0.29, 0.717) is 17.3 Å². The number of hydrogen-bond donors (Lipinski definition) is 2. The predicted octanol–water partition coefficient (Wildman–Crippen LogP) is 2.25. The molecule has 2 N–H and O–H groups in total. The van der Waals surface area contributed by atoms with Crippen molar-refractivity contribution in [3.63, 3.8) is 0 Å². The number of rotatable bonds is 4. The third-order valence-electron chi connectivity index (χ3n) is 2.87. The molecule has 104 valence electrons. The van der Waals surface area contributed by atoms with Gasteiger partial charge in [-0.25, -0.2) is 0 Å². The summed E-state index contributed by atoms with van der Waals surface area (Å²) in [5, 5.41) is 12.0. The van der Waals surface area contributed by atoms with Crippen LogP contribution >= 0.6 is 27.7 Å². The van der Waals surface area contributed by atoms with Crippen molar-refractivity contribution in [2.24, 2.45) is 0 Å². The van der Waals surface area contributed by atoms with Gasteiger partial charge in [-0.3, -0.25) is 10.1 Å². The van der Waals surface area contributed by atoms with E-state index >= 15 is 0 Å². The highest BCUT2D eigenvalue weighted by Gasteiger charge is 2.32. The van der Waals surface area contributed by atoms with Crippen molar-refractivity contribution in [2.75, 3.05) is 20.0 Å². The third-order valence-corrected chi connectivity index (χ3v) is 4.74. The molecule has 1 aromatic rings. The molecule has 1 aromatic carbocycles. The van der Waals surface area contributed by atoms with Gasteiger partial charge in [-0.1, -0.05) is 0 Å². The molecule has 0 spiro atoms. The van der Waals surface area contributed by atoms with Gasteiger partial charge in [-0.05, 0) is 22.0 Å². The van der Waals surface area contributed by atoms with Crippen LogP contribution in [0.4, 0.5) is 0 Å². The Morgan fingerprint density at radius 1 is 1.42 bits per heavy atom. The van der Waals surface area contributed by atoms with Crippen molar-refractivity contribution in [1.29, 1.82) is 0 Å². The van der Waals surface area contributed by atoms with Gasteiger partial charge >= 0.3 is 5.97 Å². The zero-order chi connectivity index (χ0) is 14.0. The number of carbonyl (C=O) groups is 1. The molecule has 0 radical (unpaired) electrons. The lowest BCUT2D eigenvalue weighted by atomic mass is 10.1. The van der Waals surface area contributed by atoms with Crippen LogP contribution in [-0.2, 0) is 4.79 Å². The summed E-state index contributed by atoms with van der Waals surface area (Å²) in [7, 11) is 3.17. The smallest absolute Gasteiger partial charge is 0.321 e. The minimum absolute atomic E-state index is 0.0988. The molecule has 5 nitrogen and oxygen atoms in total. The maximum Gasteiger partial charge on any atom is 0.321 e. The average Bonchev–Trinajstić information content (AvgIpc) is 2.88. The molecule has 1 fully saturated rings. The van der Waals surface area contributed by atoms with Gasteiger partial charge in [0.05, 0.1) is 24.1 Å². The van der Waals surface area contributed by atoms with Crippen LogP contribution < -0.4 is 14.8 Å². The summed E-state index contributed by atoms with van der Waals surface area (Å²) < 4.78 is 11.4. The van der Waals surface area contributed by atoms with Crippen molar-refractivity contribution < 1.29 is 19.4 Å². The number of hydrogen-bond acceptors (Lipinski definition) is 5. The van der Waals surface area contributed by atoms with Crippen molar-refractivity contribution in [1.82, 2.24) is 5.32 Å². The van der Waals surface area contributed by atoms with Crippen LogP contribution in [0.15, 0.2) is 16.6 Å². The largest absolute Gasteiger partial charge is 0.496 e. The molecule has 1 saturated heterocycles. The Hall–Kier alpha value is -0.920. The second kappa shape index (κ2) is 6.02. The van der Waals surface area contributed by atoms with Gasteiger partial charge in [0.25, 0.3) is 0 Å². The van der Waals surface area contributed by atoms with E-state index in [4.69, 9.17) is 14.6 Å². The summed E-state index contributed by atoms with van der Waals surface area (Å²) >= 11 is 4.98. The first-order valence-electron chi connectivity index (χ1n) is 5.58. The summed E-state index contributed by atoms with van der Waals surface area (Å²) in [5.74, 6) is 1.06. The highest BCUT2D eigenvalue weighted by molar-refractivity contribution is 9.10. The summed E-state index contributed by atoms with van der Waals surface area (Å²) in [6.45, 7) is 0. The second-order valence-corrected chi connectivity index (χ2v) is 5.99. The molecule has 1 aliphatic rings. The first-order chi connectivity index (χ1) is 9.06. The number of thioether (sulfide) groups is 1. The van der Waals surface area contributed by atoms with E-state index in [2.05, 4.69) is 21.2 Å². The second-order valence-electron chi connectivity index (χ2n) is 4.00. The number of benzene rings is 1. The maximum absolute atomic E-state index is 11.0. The number of carboxylic acid groups (broad SMARTS) is 1. The molecule has 0 aromatic heterocycles. The topological polar surface area (TPSA) is 67.8 Å². The summed E-state index contributed by atoms with van der Waals surface area (Å²) in [6.07, 6.45) is 0. The van der Waals surface area contributed by atoms with Crippen LogP contribution in [-0.4, -0.2) is 37.1 Å². The van der Waals surface area contributed by atoms with Gasteiger partial charge < -0.3 is 14.6 Å². The van der Waals surface area contributed by atoms with Crippen LogP contribution in [0.1, 0.15) is 10.9 Å². The SMILES string of the molecule is COc1cc(OC)c(C2NC(C(=O)O)CS2)cc1Br. The van der Waals surface area contributed by atoms with Crippen molar-refractivity contribution in [2.45, 2.75) is 11.4 Å². The van der Waals surface area contributed by atoms with Crippen LogP contribution in [0.2, 0.25) is 0 Å². The molecule has 2 atom stereocenters. The van der Waals surface area contributed by atoms with E-state index in [0.717, 1.165) is 10.0 Å². The Bertz CT molecular complexity index is 497. The van der Waals surface area contributed by atoms with E-state index in [1.54, 1.807) is 32.0 Å². The molecule has 0 saturated carbocycles. The van der Waals surface area contributed by atoms with Crippen molar-refractivity contribution in [3.05, 3.63) is 22.2 Å². The minimum atomic E-state index is -0.832. The first-order valence-corrected chi connectivity index (χ1v) is 7.43. The minimum Gasteiger partial charge on any atom is -0.496 e. The number of halogens is 1. The maximum atomic E-state index is 11.0. The van der Waals surface area contributed by atoms with E-state index < -0.39 is 12.0 Å². The zero-order valence-corrected chi connectivity index (χ0v) is 12.9. The number of carboxylic acids is 1. The van der Waals surface area contributed by atoms with Crippen molar-refractivity contribution >= 4 is 33.7 Å². The summed E-state index contributed by atoms with van der Waals surface area (Å²) in [4.78, 5) is 11.0. The summed E-state index contributed by atoms with van der Waals surface area (Å²) in [6, 6.07) is 3.16. The van der Waals surface area contributed by atoms with Gasteiger partial charge in [-0.15, -0.1) is 11.8 Å². The standard InChI is InChI=1S/C12H14BrNO4S/c1-17-9-4-10(18-2)7(13)3-6(9)11-14-8(5-19-11)12(15)16/h3-4,8,11,14H,5H2,1-2H3,(H,15,16). The first kappa shape index (κ1) is 14.5. The molecule has 0 amide bonds. The molecular weight excluding hydrogens is 334 g/mol. The molecular formula is C12H14BrNO4S. The lowest BCUT2D eigenvalue weighted by Crippen LogP contribution is -2.33. The van der Waals surface area contributed by atoms with Crippen molar-refractivity contribution in [3.8, 4) is 11.5 Å². The van der Waals surface area contributed by atoms with Crippen LogP contribution in [0.3, 0.4) is 0 Å². The summed E-state index contributed by atoms with van der Waals surface area (Å²) in [5.41, 5.74) is 0.906. The molecule has 0 bridgehead atoms. The van der Waals surface area contributed by atoms with Crippen LogP contribution in [0, 0.1) is 0 Å². The lowest BCUT2D eigenvalue weighted by molar-refractivity contribution is -0.138.